The maximum atomic E-state index is 14.3. The molecular formula is C27H25F4NO4. The van der Waals surface area contributed by atoms with Gasteiger partial charge in [0.25, 0.3) is 5.91 Å². The van der Waals surface area contributed by atoms with Crippen LogP contribution in [0.2, 0.25) is 0 Å². The Bertz CT molecular complexity index is 1240. The summed E-state index contributed by atoms with van der Waals surface area (Å²) in [4.78, 5) is 24.8. The maximum Gasteiger partial charge on any atom is 0.416 e. The fourth-order valence-electron chi connectivity index (χ4n) is 3.52. The summed E-state index contributed by atoms with van der Waals surface area (Å²) in [5.74, 6) is -2.18. The van der Waals surface area contributed by atoms with E-state index in [1.807, 2.05) is 6.92 Å². The minimum absolute atomic E-state index is 0.0883. The molecule has 3 aromatic carbocycles. The largest absolute Gasteiger partial charge is 0.493 e. The number of halogens is 4. The predicted octanol–water partition coefficient (Wildman–Crippen LogP) is 6.41. The van der Waals surface area contributed by atoms with E-state index in [-0.39, 0.29) is 6.54 Å². The van der Waals surface area contributed by atoms with E-state index in [9.17, 15) is 27.2 Å². The first kappa shape index (κ1) is 26.7. The van der Waals surface area contributed by atoms with Gasteiger partial charge < -0.3 is 14.8 Å². The van der Waals surface area contributed by atoms with Gasteiger partial charge in [-0.25, -0.2) is 9.18 Å². The number of carbonyl (C=O) groups is 2. The highest BCUT2D eigenvalue weighted by Crippen LogP contribution is 2.31. The molecule has 0 saturated carbocycles. The first-order valence-corrected chi connectivity index (χ1v) is 11.2. The Morgan fingerprint density at radius 1 is 0.972 bits per heavy atom. The van der Waals surface area contributed by atoms with Crippen LogP contribution in [0.25, 0.3) is 11.1 Å². The quantitative estimate of drug-likeness (QED) is 0.208. The highest BCUT2D eigenvalue weighted by atomic mass is 19.4. The summed E-state index contributed by atoms with van der Waals surface area (Å²) in [6.07, 6.45) is -3.01. The highest BCUT2D eigenvalue weighted by Gasteiger charge is 2.31. The molecule has 3 aromatic rings. The molecule has 9 heteroatoms. The van der Waals surface area contributed by atoms with E-state index >= 15 is 0 Å². The molecule has 36 heavy (non-hydrogen) atoms. The lowest BCUT2D eigenvalue weighted by Crippen LogP contribution is -2.24. The Hall–Kier alpha value is -3.88. The van der Waals surface area contributed by atoms with E-state index in [0.717, 1.165) is 18.9 Å². The van der Waals surface area contributed by atoms with Crippen LogP contribution in [0.15, 0.2) is 60.7 Å². The van der Waals surface area contributed by atoms with Gasteiger partial charge in [-0.3, -0.25) is 4.79 Å². The van der Waals surface area contributed by atoms with Crippen LogP contribution in [0.5, 0.6) is 5.75 Å². The molecule has 0 atom stereocenters. The highest BCUT2D eigenvalue weighted by molar-refractivity contribution is 5.97. The lowest BCUT2D eigenvalue weighted by molar-refractivity contribution is -0.137. The first-order valence-electron chi connectivity index (χ1n) is 11.2. The zero-order valence-electron chi connectivity index (χ0n) is 19.7. The van der Waals surface area contributed by atoms with E-state index in [0.29, 0.717) is 46.7 Å². The van der Waals surface area contributed by atoms with Gasteiger partial charge in [-0.1, -0.05) is 37.6 Å². The van der Waals surface area contributed by atoms with Crippen molar-refractivity contribution in [3.63, 3.8) is 0 Å². The molecule has 0 unspecified atom stereocenters. The maximum absolute atomic E-state index is 14.3. The van der Waals surface area contributed by atoms with E-state index in [1.54, 1.807) is 42.5 Å². The Kier molecular flexibility index (Phi) is 8.68. The van der Waals surface area contributed by atoms with E-state index < -0.39 is 35.0 Å². The molecule has 1 N–H and O–H groups in total. The normalized spacial score (nSPS) is 11.2. The van der Waals surface area contributed by atoms with Crippen LogP contribution in [0.3, 0.4) is 0 Å². The van der Waals surface area contributed by atoms with Gasteiger partial charge in [0.15, 0.2) is 0 Å². The number of esters is 1. The van der Waals surface area contributed by atoms with Crippen molar-refractivity contribution in [3.8, 4) is 16.9 Å². The smallest absolute Gasteiger partial charge is 0.416 e. The number of amides is 1. The van der Waals surface area contributed by atoms with Gasteiger partial charge in [0.2, 0.25) is 0 Å². The van der Waals surface area contributed by atoms with Crippen LogP contribution in [0.4, 0.5) is 17.6 Å². The van der Waals surface area contributed by atoms with Crippen molar-refractivity contribution in [2.45, 2.75) is 32.5 Å². The minimum atomic E-state index is -4.72. The van der Waals surface area contributed by atoms with Crippen molar-refractivity contribution < 1.29 is 36.6 Å². The van der Waals surface area contributed by atoms with Crippen molar-refractivity contribution in [1.82, 2.24) is 5.32 Å². The average Bonchev–Trinajstić information content (AvgIpc) is 2.86. The number of methoxy groups -OCH3 is 1. The van der Waals surface area contributed by atoms with Gasteiger partial charge in [0.1, 0.15) is 11.6 Å². The molecule has 0 aliphatic carbocycles. The fraction of sp³-hybridized carbons (Fsp3) is 0.259. The lowest BCUT2D eigenvalue weighted by atomic mass is 9.97. The molecule has 0 radical (unpaired) electrons. The van der Waals surface area contributed by atoms with E-state index in [2.05, 4.69) is 5.32 Å². The third kappa shape index (κ3) is 6.41. The zero-order chi connectivity index (χ0) is 26.3. The van der Waals surface area contributed by atoms with Crippen LogP contribution in [0.1, 0.15) is 51.6 Å². The first-order chi connectivity index (χ1) is 17.2. The average molecular weight is 503 g/mol. The number of rotatable bonds is 9. The molecule has 0 saturated heterocycles. The molecule has 0 aliphatic heterocycles. The number of nitrogens with one attached hydrogen (secondary N) is 1. The molecule has 0 fully saturated rings. The summed E-state index contributed by atoms with van der Waals surface area (Å²) in [7, 11) is 1.28. The molecule has 190 valence electrons. The number of hydrogen-bond acceptors (Lipinski definition) is 4. The van der Waals surface area contributed by atoms with Crippen LogP contribution in [0, 0.1) is 5.82 Å². The van der Waals surface area contributed by atoms with Crippen molar-refractivity contribution in [2.24, 2.45) is 0 Å². The number of alkyl halides is 3. The molecule has 3 rings (SSSR count). The van der Waals surface area contributed by atoms with Crippen molar-refractivity contribution in [2.75, 3.05) is 13.7 Å². The number of ether oxygens (including phenoxy) is 2. The van der Waals surface area contributed by atoms with Gasteiger partial charge in [0.05, 0.1) is 30.4 Å². The molecule has 0 spiro atoms. The van der Waals surface area contributed by atoms with Crippen molar-refractivity contribution >= 4 is 11.9 Å². The molecule has 0 bridgehead atoms. The zero-order valence-corrected chi connectivity index (χ0v) is 19.7. The van der Waals surface area contributed by atoms with Gasteiger partial charge in [0, 0.05) is 12.1 Å². The molecular weight excluding hydrogens is 478 g/mol. The summed E-state index contributed by atoms with van der Waals surface area (Å²) >= 11 is 0. The SMILES string of the molecule is CCCCOc1ccc(-c2ccccc2C(=O)OC)cc1CNC(=O)c1ccc(C(F)(F)F)cc1F. The third-order valence-electron chi connectivity index (χ3n) is 5.44. The second-order valence-electron chi connectivity index (χ2n) is 7.94. The van der Waals surface area contributed by atoms with Gasteiger partial charge in [-0.15, -0.1) is 0 Å². The predicted molar refractivity (Wildman–Crippen MR) is 126 cm³/mol. The molecule has 5 nitrogen and oxygen atoms in total. The monoisotopic (exact) mass is 503 g/mol. The van der Waals surface area contributed by atoms with Crippen LogP contribution in [-0.4, -0.2) is 25.6 Å². The number of benzene rings is 3. The van der Waals surface area contributed by atoms with Crippen molar-refractivity contribution in [1.29, 1.82) is 0 Å². The van der Waals surface area contributed by atoms with Crippen LogP contribution >= 0.6 is 0 Å². The van der Waals surface area contributed by atoms with E-state index in [1.165, 1.54) is 7.11 Å². The van der Waals surface area contributed by atoms with Gasteiger partial charge >= 0.3 is 12.1 Å². The topological polar surface area (TPSA) is 64.6 Å². The number of carbonyl (C=O) groups excluding carboxylic acids is 2. The summed E-state index contributed by atoms with van der Waals surface area (Å²) in [5, 5.41) is 2.54. The standard InChI is InChI=1S/C27H25F4NO4/c1-3-4-13-36-24-12-9-17(20-7-5-6-8-21(20)26(34)35-2)14-18(24)16-32-25(33)22-11-10-19(15-23(22)28)27(29,30)31/h5-12,14-15H,3-4,13,16H2,1-2H3,(H,32,33). The Morgan fingerprint density at radius 2 is 1.72 bits per heavy atom. The number of hydrogen-bond donors (Lipinski definition) is 1. The van der Waals surface area contributed by atoms with Gasteiger partial charge in [-0.05, 0) is 53.9 Å². The lowest BCUT2D eigenvalue weighted by Gasteiger charge is -2.16. The second kappa shape index (κ2) is 11.7. The van der Waals surface area contributed by atoms with Gasteiger partial charge in [-0.2, -0.15) is 13.2 Å². The Balaban J connectivity index is 1.89. The van der Waals surface area contributed by atoms with E-state index in [4.69, 9.17) is 9.47 Å². The summed E-state index contributed by atoms with van der Waals surface area (Å²) in [6.45, 7) is 2.36. The van der Waals surface area contributed by atoms with Crippen LogP contribution in [-0.2, 0) is 17.5 Å². The fourth-order valence-corrected chi connectivity index (χ4v) is 3.52. The minimum Gasteiger partial charge on any atom is -0.493 e. The Morgan fingerprint density at radius 3 is 2.39 bits per heavy atom. The van der Waals surface area contributed by atoms with Crippen molar-refractivity contribution in [3.05, 3.63) is 88.7 Å². The number of unbranched alkanes of at least 4 members (excludes halogenated alkanes) is 1. The third-order valence-corrected chi connectivity index (χ3v) is 5.44. The molecule has 0 heterocycles. The second-order valence-corrected chi connectivity index (χ2v) is 7.94. The Labute approximate surface area is 206 Å². The summed E-state index contributed by atoms with van der Waals surface area (Å²) in [6, 6.07) is 13.8. The van der Waals surface area contributed by atoms with Crippen LogP contribution < -0.4 is 10.1 Å². The summed E-state index contributed by atoms with van der Waals surface area (Å²) < 4.78 is 63.4. The molecule has 0 aliphatic rings. The summed E-state index contributed by atoms with van der Waals surface area (Å²) in [5.41, 5.74) is 0.462. The molecule has 1 amide bonds. The molecule has 0 aromatic heterocycles.